The largest absolute Gasteiger partial charge is 0.385 e. The van der Waals surface area contributed by atoms with Crippen LogP contribution in [0.15, 0.2) is 24.3 Å². The van der Waals surface area contributed by atoms with Gasteiger partial charge in [0.2, 0.25) is 0 Å². The van der Waals surface area contributed by atoms with Crippen LogP contribution < -0.4 is 0 Å². The van der Waals surface area contributed by atoms with Gasteiger partial charge in [0.05, 0.1) is 0 Å². The predicted molar refractivity (Wildman–Crippen MR) is 58.5 cm³/mol. The van der Waals surface area contributed by atoms with E-state index in [9.17, 15) is 0 Å². The predicted octanol–water partition coefficient (Wildman–Crippen LogP) is 2.83. The summed E-state index contributed by atoms with van der Waals surface area (Å²) in [5.41, 5.74) is 3.13. The Morgan fingerprint density at radius 1 is 1.21 bits per heavy atom. The Morgan fingerprint density at radius 2 is 1.86 bits per heavy atom. The van der Waals surface area contributed by atoms with Gasteiger partial charge < -0.3 is 4.74 Å². The van der Waals surface area contributed by atoms with Gasteiger partial charge in [-0.2, -0.15) is 0 Å². The molecule has 0 saturated carbocycles. The van der Waals surface area contributed by atoms with Crippen LogP contribution in [0.1, 0.15) is 24.0 Å². The molecule has 14 heavy (non-hydrogen) atoms. The van der Waals surface area contributed by atoms with E-state index in [1.807, 2.05) is 0 Å². The number of fused-ring (bicyclic) bond motifs is 1. The molecular weight excluding hydrogens is 172 g/mol. The molecule has 0 fully saturated rings. The second-order valence-electron chi connectivity index (χ2n) is 4.18. The van der Waals surface area contributed by atoms with Crippen molar-refractivity contribution in [2.45, 2.75) is 25.7 Å². The van der Waals surface area contributed by atoms with E-state index in [4.69, 9.17) is 4.74 Å². The van der Waals surface area contributed by atoms with Crippen molar-refractivity contribution in [1.82, 2.24) is 0 Å². The molecule has 0 unspecified atom stereocenters. The third-order valence-corrected chi connectivity index (χ3v) is 3.10. The van der Waals surface area contributed by atoms with Crippen molar-refractivity contribution in [3.8, 4) is 0 Å². The molecule has 0 spiro atoms. The van der Waals surface area contributed by atoms with Gasteiger partial charge in [-0.25, -0.2) is 0 Å². The molecule has 0 saturated heterocycles. The standard InChI is InChI=1S/C13H18O/c1-14-8-4-5-11-9-12-6-2-3-7-13(12)10-11/h2-3,6-7,11H,4-5,8-10H2,1H3. The highest BCUT2D eigenvalue weighted by Crippen LogP contribution is 2.29. The molecule has 1 aliphatic rings. The van der Waals surface area contributed by atoms with E-state index in [1.165, 1.54) is 25.7 Å². The molecule has 1 aromatic carbocycles. The third-order valence-electron chi connectivity index (χ3n) is 3.10. The van der Waals surface area contributed by atoms with E-state index in [1.54, 1.807) is 18.2 Å². The first kappa shape index (κ1) is 9.72. The minimum atomic E-state index is 0.863. The summed E-state index contributed by atoms with van der Waals surface area (Å²) in [7, 11) is 1.78. The van der Waals surface area contributed by atoms with Crippen LogP contribution >= 0.6 is 0 Å². The van der Waals surface area contributed by atoms with Crippen molar-refractivity contribution in [2.75, 3.05) is 13.7 Å². The average Bonchev–Trinajstić information content (AvgIpc) is 2.60. The highest BCUT2D eigenvalue weighted by molar-refractivity contribution is 5.31. The molecule has 0 radical (unpaired) electrons. The number of hydrogen-bond donors (Lipinski definition) is 0. The Hall–Kier alpha value is -0.820. The van der Waals surface area contributed by atoms with Gasteiger partial charge in [0.25, 0.3) is 0 Å². The average molecular weight is 190 g/mol. The smallest absolute Gasteiger partial charge is 0.0462 e. The van der Waals surface area contributed by atoms with Crippen LogP contribution in [0.4, 0.5) is 0 Å². The zero-order valence-electron chi connectivity index (χ0n) is 8.83. The molecule has 0 aromatic heterocycles. The molecule has 0 N–H and O–H groups in total. The van der Waals surface area contributed by atoms with E-state index in [0.29, 0.717) is 0 Å². The van der Waals surface area contributed by atoms with Crippen LogP contribution in [-0.2, 0) is 17.6 Å². The topological polar surface area (TPSA) is 9.23 Å². The van der Waals surface area contributed by atoms with Gasteiger partial charge in [-0.1, -0.05) is 24.3 Å². The maximum Gasteiger partial charge on any atom is 0.0462 e. The molecule has 0 aliphatic heterocycles. The Kier molecular flexibility index (Phi) is 3.20. The molecule has 2 rings (SSSR count). The van der Waals surface area contributed by atoms with Crippen molar-refractivity contribution in [3.05, 3.63) is 35.4 Å². The van der Waals surface area contributed by atoms with E-state index >= 15 is 0 Å². The molecule has 1 aliphatic carbocycles. The van der Waals surface area contributed by atoms with Gasteiger partial charge in [-0.3, -0.25) is 0 Å². The highest BCUT2D eigenvalue weighted by Gasteiger charge is 2.19. The first-order valence-corrected chi connectivity index (χ1v) is 5.46. The lowest BCUT2D eigenvalue weighted by Crippen LogP contribution is -2.01. The minimum absolute atomic E-state index is 0.863. The van der Waals surface area contributed by atoms with E-state index in [-0.39, 0.29) is 0 Å². The third kappa shape index (κ3) is 2.16. The Bertz CT molecular complexity index is 268. The zero-order valence-corrected chi connectivity index (χ0v) is 8.83. The molecule has 1 nitrogen and oxygen atoms in total. The van der Waals surface area contributed by atoms with Gasteiger partial charge in [-0.15, -0.1) is 0 Å². The van der Waals surface area contributed by atoms with Crippen LogP contribution in [0, 0.1) is 5.92 Å². The first-order valence-electron chi connectivity index (χ1n) is 5.46. The van der Waals surface area contributed by atoms with Crippen molar-refractivity contribution < 1.29 is 4.74 Å². The van der Waals surface area contributed by atoms with Crippen LogP contribution in [0.5, 0.6) is 0 Å². The maximum absolute atomic E-state index is 5.08. The summed E-state index contributed by atoms with van der Waals surface area (Å²) in [5, 5.41) is 0. The number of ether oxygens (including phenoxy) is 1. The lowest BCUT2D eigenvalue weighted by Gasteiger charge is -2.07. The van der Waals surface area contributed by atoms with Crippen molar-refractivity contribution in [3.63, 3.8) is 0 Å². The van der Waals surface area contributed by atoms with Gasteiger partial charge in [0.1, 0.15) is 0 Å². The second-order valence-corrected chi connectivity index (χ2v) is 4.18. The highest BCUT2D eigenvalue weighted by atomic mass is 16.5. The van der Waals surface area contributed by atoms with Crippen molar-refractivity contribution >= 4 is 0 Å². The molecule has 1 aromatic rings. The zero-order chi connectivity index (χ0) is 9.80. The maximum atomic E-state index is 5.08. The Labute approximate surface area is 86.1 Å². The monoisotopic (exact) mass is 190 g/mol. The van der Waals surface area contributed by atoms with Gasteiger partial charge >= 0.3 is 0 Å². The van der Waals surface area contributed by atoms with Gasteiger partial charge in [0.15, 0.2) is 0 Å². The SMILES string of the molecule is COCCCC1Cc2ccccc2C1. The van der Waals surface area contributed by atoms with Crippen LogP contribution in [0.3, 0.4) is 0 Å². The summed E-state index contributed by atoms with van der Waals surface area (Å²) >= 11 is 0. The molecule has 0 heterocycles. The second kappa shape index (κ2) is 4.61. The summed E-state index contributed by atoms with van der Waals surface area (Å²) in [4.78, 5) is 0. The summed E-state index contributed by atoms with van der Waals surface area (Å²) in [6.45, 7) is 0.910. The van der Waals surface area contributed by atoms with E-state index < -0.39 is 0 Å². The fourth-order valence-corrected chi connectivity index (χ4v) is 2.37. The molecule has 0 amide bonds. The van der Waals surface area contributed by atoms with Crippen LogP contribution in [0.2, 0.25) is 0 Å². The lowest BCUT2D eigenvalue weighted by molar-refractivity contribution is 0.187. The summed E-state index contributed by atoms with van der Waals surface area (Å²) in [6.07, 6.45) is 5.07. The number of rotatable bonds is 4. The summed E-state index contributed by atoms with van der Waals surface area (Å²) < 4.78 is 5.08. The fourth-order valence-electron chi connectivity index (χ4n) is 2.37. The fraction of sp³-hybridized carbons (Fsp3) is 0.538. The number of benzene rings is 1. The first-order chi connectivity index (χ1) is 6.90. The normalized spacial score (nSPS) is 15.8. The molecular formula is C13H18O. The molecule has 76 valence electrons. The summed E-state index contributed by atoms with van der Waals surface area (Å²) in [6, 6.07) is 8.84. The minimum Gasteiger partial charge on any atom is -0.385 e. The van der Waals surface area contributed by atoms with Crippen molar-refractivity contribution in [2.24, 2.45) is 5.92 Å². The number of hydrogen-bond acceptors (Lipinski definition) is 1. The Morgan fingerprint density at radius 3 is 2.43 bits per heavy atom. The van der Waals surface area contributed by atoms with E-state index in [0.717, 1.165) is 12.5 Å². The molecule has 1 heteroatoms. The quantitative estimate of drug-likeness (QED) is 0.663. The number of methoxy groups -OCH3 is 1. The van der Waals surface area contributed by atoms with Crippen LogP contribution in [-0.4, -0.2) is 13.7 Å². The molecule has 0 atom stereocenters. The van der Waals surface area contributed by atoms with Crippen molar-refractivity contribution in [1.29, 1.82) is 0 Å². The van der Waals surface area contributed by atoms with Gasteiger partial charge in [-0.05, 0) is 42.7 Å². The Balaban J connectivity index is 1.86. The molecule has 0 bridgehead atoms. The lowest BCUT2D eigenvalue weighted by atomic mass is 10.0. The van der Waals surface area contributed by atoms with Gasteiger partial charge in [0, 0.05) is 13.7 Å². The van der Waals surface area contributed by atoms with Crippen LogP contribution in [0.25, 0.3) is 0 Å². The summed E-state index contributed by atoms with van der Waals surface area (Å²) in [5.74, 6) is 0.863. The van der Waals surface area contributed by atoms with E-state index in [2.05, 4.69) is 24.3 Å².